The van der Waals surface area contributed by atoms with Crippen molar-refractivity contribution < 1.29 is 13.9 Å². The molecule has 0 atom stereocenters. The summed E-state index contributed by atoms with van der Waals surface area (Å²) < 4.78 is 12.5. The van der Waals surface area contributed by atoms with Gasteiger partial charge in [-0.2, -0.15) is 0 Å². The molecule has 0 unspecified atom stereocenters. The number of carbonyl (C=O) groups excluding carboxylic acids is 1. The first-order valence-electron chi connectivity index (χ1n) is 9.07. The molecule has 0 saturated heterocycles. The number of furan rings is 1. The Labute approximate surface area is 166 Å². The lowest BCUT2D eigenvalue weighted by Gasteiger charge is -2.12. The minimum Gasteiger partial charge on any atom is -0.487 e. The van der Waals surface area contributed by atoms with E-state index in [1.807, 2.05) is 32.0 Å². The molecule has 4 rings (SSSR count). The lowest BCUT2D eigenvalue weighted by molar-refractivity contribution is 0.0996. The summed E-state index contributed by atoms with van der Waals surface area (Å²) in [5.41, 5.74) is 3.44. The SMILES string of the molecule is Cc1ccn2c(=O)cc(COc3cc(NC(=O)c4ccco4)ccc3C)nc2c1. The van der Waals surface area contributed by atoms with Crippen molar-refractivity contribution in [2.24, 2.45) is 0 Å². The van der Waals surface area contributed by atoms with Crippen LogP contribution in [-0.2, 0) is 6.61 Å². The molecule has 0 saturated carbocycles. The highest BCUT2D eigenvalue weighted by Gasteiger charge is 2.11. The zero-order valence-corrected chi connectivity index (χ0v) is 16.0. The van der Waals surface area contributed by atoms with Gasteiger partial charge < -0.3 is 14.5 Å². The number of benzene rings is 1. The van der Waals surface area contributed by atoms with Crippen LogP contribution in [0.5, 0.6) is 5.75 Å². The van der Waals surface area contributed by atoms with Gasteiger partial charge in [-0.15, -0.1) is 0 Å². The second-order valence-corrected chi connectivity index (χ2v) is 6.72. The van der Waals surface area contributed by atoms with E-state index in [1.54, 1.807) is 30.5 Å². The number of fused-ring (bicyclic) bond motifs is 1. The summed E-state index contributed by atoms with van der Waals surface area (Å²) in [5, 5.41) is 2.77. The molecule has 0 aliphatic heterocycles. The molecule has 3 heterocycles. The van der Waals surface area contributed by atoms with Crippen molar-refractivity contribution in [1.29, 1.82) is 0 Å². The van der Waals surface area contributed by atoms with Crippen LogP contribution < -0.4 is 15.6 Å². The Hall–Kier alpha value is -3.87. The van der Waals surface area contributed by atoms with Crippen molar-refractivity contribution in [3.8, 4) is 5.75 Å². The number of rotatable bonds is 5. The fourth-order valence-electron chi connectivity index (χ4n) is 2.91. The Morgan fingerprint density at radius 2 is 2.03 bits per heavy atom. The molecule has 7 heteroatoms. The van der Waals surface area contributed by atoms with E-state index < -0.39 is 0 Å². The van der Waals surface area contributed by atoms with Crippen LogP contribution in [0.2, 0.25) is 0 Å². The Balaban J connectivity index is 1.53. The van der Waals surface area contributed by atoms with Crippen molar-refractivity contribution in [2.45, 2.75) is 20.5 Å². The van der Waals surface area contributed by atoms with Crippen molar-refractivity contribution in [1.82, 2.24) is 9.38 Å². The van der Waals surface area contributed by atoms with Crippen molar-refractivity contribution in [3.63, 3.8) is 0 Å². The van der Waals surface area contributed by atoms with Crippen molar-refractivity contribution in [2.75, 3.05) is 5.32 Å². The van der Waals surface area contributed by atoms with Crippen LogP contribution in [0.15, 0.2) is 70.2 Å². The van der Waals surface area contributed by atoms with Crippen LogP contribution in [0.4, 0.5) is 5.69 Å². The van der Waals surface area contributed by atoms with Crippen LogP contribution in [0.3, 0.4) is 0 Å². The topological polar surface area (TPSA) is 85.8 Å². The smallest absolute Gasteiger partial charge is 0.291 e. The van der Waals surface area contributed by atoms with Gasteiger partial charge in [0.15, 0.2) is 5.76 Å². The fourth-order valence-corrected chi connectivity index (χ4v) is 2.91. The largest absolute Gasteiger partial charge is 0.487 e. The average Bonchev–Trinajstić information content (AvgIpc) is 3.23. The van der Waals surface area contributed by atoms with Crippen LogP contribution in [-0.4, -0.2) is 15.3 Å². The first-order valence-corrected chi connectivity index (χ1v) is 9.07. The highest BCUT2D eigenvalue weighted by atomic mass is 16.5. The molecule has 1 aromatic carbocycles. The van der Waals surface area contributed by atoms with E-state index in [9.17, 15) is 9.59 Å². The molecule has 1 N–H and O–H groups in total. The number of hydrogen-bond donors (Lipinski definition) is 1. The predicted octanol–water partition coefficient (Wildman–Crippen LogP) is 3.74. The highest BCUT2D eigenvalue weighted by Crippen LogP contribution is 2.24. The van der Waals surface area contributed by atoms with E-state index in [0.717, 1.165) is 11.1 Å². The Kier molecular flexibility index (Phi) is 4.87. The molecule has 0 fully saturated rings. The highest BCUT2D eigenvalue weighted by molar-refractivity contribution is 6.02. The van der Waals surface area contributed by atoms with Crippen molar-refractivity contribution >= 4 is 17.2 Å². The zero-order valence-electron chi connectivity index (χ0n) is 16.0. The first-order chi connectivity index (χ1) is 14.0. The molecule has 4 aromatic rings. The number of nitrogens with one attached hydrogen (secondary N) is 1. The maximum Gasteiger partial charge on any atom is 0.291 e. The van der Waals surface area contributed by atoms with E-state index >= 15 is 0 Å². The molecule has 0 aliphatic carbocycles. The van der Waals surface area contributed by atoms with Gasteiger partial charge in [-0.3, -0.25) is 14.0 Å². The number of pyridine rings is 1. The molecule has 3 aromatic heterocycles. The van der Waals surface area contributed by atoms with Gasteiger partial charge in [0, 0.05) is 24.0 Å². The average molecular weight is 389 g/mol. The maximum absolute atomic E-state index is 12.3. The molecule has 7 nitrogen and oxygen atoms in total. The molecule has 0 spiro atoms. The second-order valence-electron chi connectivity index (χ2n) is 6.72. The van der Waals surface area contributed by atoms with E-state index in [0.29, 0.717) is 22.8 Å². The molecule has 0 radical (unpaired) electrons. The lowest BCUT2D eigenvalue weighted by Crippen LogP contribution is -2.16. The van der Waals surface area contributed by atoms with E-state index in [-0.39, 0.29) is 23.8 Å². The predicted molar refractivity (Wildman–Crippen MR) is 108 cm³/mol. The summed E-state index contributed by atoms with van der Waals surface area (Å²) in [5.74, 6) is 0.474. The number of nitrogens with zero attached hydrogens (tertiary/aromatic N) is 2. The molecule has 0 bridgehead atoms. The van der Waals surface area contributed by atoms with E-state index in [1.165, 1.54) is 16.7 Å². The van der Waals surface area contributed by atoms with E-state index in [4.69, 9.17) is 9.15 Å². The third-order valence-electron chi connectivity index (χ3n) is 4.44. The number of aryl methyl sites for hydroxylation is 2. The van der Waals surface area contributed by atoms with Gasteiger partial charge in [0.25, 0.3) is 11.5 Å². The summed E-state index contributed by atoms with van der Waals surface area (Å²) in [6.45, 7) is 3.98. The Bertz CT molecular complexity index is 1240. The molecule has 146 valence electrons. The standard InChI is InChI=1S/C22H19N3O4/c1-14-7-8-25-20(10-14)23-17(12-21(25)26)13-29-19-11-16(6-5-15(19)2)24-22(27)18-4-3-9-28-18/h3-12H,13H2,1-2H3,(H,24,27). The maximum atomic E-state index is 12.3. The number of ether oxygens (including phenoxy) is 1. The van der Waals surface area contributed by atoms with Crippen LogP contribution in [0, 0.1) is 13.8 Å². The molecule has 1 amide bonds. The van der Waals surface area contributed by atoms with Gasteiger partial charge in [-0.05, 0) is 55.3 Å². The van der Waals surface area contributed by atoms with Crippen LogP contribution >= 0.6 is 0 Å². The second kappa shape index (κ2) is 7.63. The molecular formula is C22H19N3O4. The van der Waals surface area contributed by atoms with Gasteiger partial charge in [-0.1, -0.05) is 6.07 Å². The van der Waals surface area contributed by atoms with E-state index in [2.05, 4.69) is 10.3 Å². The van der Waals surface area contributed by atoms with Crippen molar-refractivity contribution in [3.05, 3.63) is 93.9 Å². The number of aromatic nitrogens is 2. The minimum absolute atomic E-state index is 0.135. The summed E-state index contributed by atoms with van der Waals surface area (Å²) in [4.78, 5) is 28.9. The van der Waals surface area contributed by atoms with Gasteiger partial charge in [0.2, 0.25) is 0 Å². The van der Waals surface area contributed by atoms with Crippen LogP contribution in [0.25, 0.3) is 5.65 Å². The Morgan fingerprint density at radius 1 is 1.17 bits per heavy atom. The number of amides is 1. The number of anilines is 1. The Morgan fingerprint density at radius 3 is 2.83 bits per heavy atom. The molecule has 29 heavy (non-hydrogen) atoms. The summed E-state index contributed by atoms with van der Waals surface area (Å²) in [7, 11) is 0. The van der Waals surface area contributed by atoms with Crippen LogP contribution in [0.1, 0.15) is 27.4 Å². The van der Waals surface area contributed by atoms with Gasteiger partial charge >= 0.3 is 0 Å². The fraction of sp³-hybridized carbons (Fsp3) is 0.136. The normalized spacial score (nSPS) is 10.8. The van der Waals surface area contributed by atoms with Gasteiger partial charge in [0.05, 0.1) is 12.0 Å². The minimum atomic E-state index is -0.343. The quantitative estimate of drug-likeness (QED) is 0.562. The lowest BCUT2D eigenvalue weighted by atomic mass is 10.2. The van der Waals surface area contributed by atoms with Gasteiger partial charge in [-0.25, -0.2) is 4.98 Å². The zero-order chi connectivity index (χ0) is 20.4. The molecular weight excluding hydrogens is 370 g/mol. The summed E-state index contributed by atoms with van der Waals surface area (Å²) in [6, 6.07) is 13.8. The third-order valence-corrected chi connectivity index (χ3v) is 4.44. The van der Waals surface area contributed by atoms with Gasteiger partial charge in [0.1, 0.15) is 18.0 Å². The monoisotopic (exact) mass is 389 g/mol. The summed E-state index contributed by atoms with van der Waals surface area (Å²) in [6.07, 6.45) is 3.15. The first kappa shape index (κ1) is 18.5. The number of hydrogen-bond acceptors (Lipinski definition) is 5. The number of carbonyl (C=O) groups is 1. The third kappa shape index (κ3) is 4.03. The summed E-state index contributed by atoms with van der Waals surface area (Å²) >= 11 is 0. The molecule has 0 aliphatic rings.